The van der Waals surface area contributed by atoms with Gasteiger partial charge in [-0.3, -0.25) is 10.1 Å². The Morgan fingerprint density at radius 1 is 1.13 bits per heavy atom. The van der Waals surface area contributed by atoms with Gasteiger partial charge in [-0.2, -0.15) is 0 Å². The van der Waals surface area contributed by atoms with Crippen molar-refractivity contribution >= 4 is 51.1 Å². The second-order valence-corrected chi connectivity index (χ2v) is 8.76. The monoisotopic (exact) mass is 561 g/mol. The third-order valence-electron chi connectivity index (χ3n) is 4.17. The topological polar surface area (TPSA) is 126 Å². The molecule has 0 fully saturated rings. The SMILES string of the molecule is CCNC(=NCc1cccc(C)c1)NCCNc1ccc(S(C)(=O)=O)cc1[N+](=O)[O-].I. The first-order chi connectivity index (χ1) is 14.2. The van der Waals surface area contributed by atoms with Crippen LogP contribution in [0.25, 0.3) is 0 Å². The molecule has 0 aliphatic carbocycles. The quantitative estimate of drug-likeness (QED) is 0.107. The van der Waals surface area contributed by atoms with E-state index in [1.165, 1.54) is 17.7 Å². The molecule has 0 aliphatic heterocycles. The summed E-state index contributed by atoms with van der Waals surface area (Å²) in [5.41, 5.74) is 2.26. The smallest absolute Gasteiger partial charge is 0.293 e. The van der Waals surface area contributed by atoms with Gasteiger partial charge in [0.25, 0.3) is 5.69 Å². The maximum Gasteiger partial charge on any atom is 0.293 e. The van der Waals surface area contributed by atoms with E-state index in [1.54, 1.807) is 0 Å². The number of guanidine groups is 1. The summed E-state index contributed by atoms with van der Waals surface area (Å²) in [6.45, 7) is 6.08. The predicted molar refractivity (Wildman–Crippen MR) is 134 cm³/mol. The van der Waals surface area contributed by atoms with E-state index in [1.807, 2.05) is 32.0 Å². The maximum absolute atomic E-state index is 11.6. The average Bonchev–Trinajstić information content (AvgIpc) is 2.68. The lowest BCUT2D eigenvalue weighted by Gasteiger charge is -2.13. The third kappa shape index (κ3) is 8.69. The van der Waals surface area contributed by atoms with Crippen molar-refractivity contribution in [2.24, 2.45) is 4.99 Å². The molecule has 0 amide bonds. The van der Waals surface area contributed by atoms with Crippen LogP contribution in [0.3, 0.4) is 0 Å². The minimum atomic E-state index is -3.52. The van der Waals surface area contributed by atoms with Gasteiger partial charge < -0.3 is 16.0 Å². The number of nitrogens with one attached hydrogen (secondary N) is 3. The van der Waals surface area contributed by atoms with Crippen molar-refractivity contribution in [1.82, 2.24) is 10.6 Å². The van der Waals surface area contributed by atoms with Crippen LogP contribution in [0.2, 0.25) is 0 Å². The molecule has 0 atom stereocenters. The number of sulfone groups is 1. The fraction of sp³-hybridized carbons (Fsp3) is 0.350. The van der Waals surface area contributed by atoms with Crippen molar-refractivity contribution in [3.8, 4) is 0 Å². The zero-order chi connectivity index (χ0) is 22.1. The number of nitro groups is 1. The van der Waals surface area contributed by atoms with E-state index in [0.717, 1.165) is 17.9 Å². The van der Waals surface area contributed by atoms with E-state index in [9.17, 15) is 18.5 Å². The molecule has 0 aliphatic rings. The molecule has 170 valence electrons. The highest BCUT2D eigenvalue weighted by molar-refractivity contribution is 14.0. The highest BCUT2D eigenvalue weighted by atomic mass is 127. The molecule has 31 heavy (non-hydrogen) atoms. The summed E-state index contributed by atoms with van der Waals surface area (Å²) < 4.78 is 23.3. The van der Waals surface area contributed by atoms with Gasteiger partial charge in [0.05, 0.1) is 16.4 Å². The van der Waals surface area contributed by atoms with Crippen LogP contribution < -0.4 is 16.0 Å². The minimum Gasteiger partial charge on any atom is -0.378 e. The van der Waals surface area contributed by atoms with Gasteiger partial charge in [0, 0.05) is 32.0 Å². The Hall–Kier alpha value is -2.41. The summed E-state index contributed by atoms with van der Waals surface area (Å²) in [6, 6.07) is 11.9. The lowest BCUT2D eigenvalue weighted by Crippen LogP contribution is -2.39. The van der Waals surface area contributed by atoms with E-state index < -0.39 is 14.8 Å². The van der Waals surface area contributed by atoms with Crippen LogP contribution in [0.4, 0.5) is 11.4 Å². The average molecular weight is 561 g/mol. The van der Waals surface area contributed by atoms with Gasteiger partial charge in [-0.05, 0) is 31.5 Å². The summed E-state index contributed by atoms with van der Waals surface area (Å²) >= 11 is 0. The number of anilines is 1. The molecule has 0 radical (unpaired) electrons. The number of benzene rings is 2. The molecule has 2 aromatic carbocycles. The maximum atomic E-state index is 11.6. The lowest BCUT2D eigenvalue weighted by atomic mass is 10.1. The van der Waals surface area contributed by atoms with Crippen LogP contribution in [0.5, 0.6) is 0 Å². The number of hydrogen-bond donors (Lipinski definition) is 3. The molecule has 2 aromatic rings. The van der Waals surface area contributed by atoms with Gasteiger partial charge >= 0.3 is 0 Å². The number of nitrogens with zero attached hydrogens (tertiary/aromatic N) is 2. The van der Waals surface area contributed by atoms with Crippen molar-refractivity contribution in [1.29, 1.82) is 0 Å². The van der Waals surface area contributed by atoms with Crippen LogP contribution in [0.15, 0.2) is 52.4 Å². The van der Waals surface area contributed by atoms with E-state index in [0.29, 0.717) is 32.1 Å². The molecule has 0 heterocycles. The van der Waals surface area contributed by atoms with Crippen molar-refractivity contribution in [2.75, 3.05) is 31.2 Å². The first-order valence-electron chi connectivity index (χ1n) is 9.51. The van der Waals surface area contributed by atoms with Crippen molar-refractivity contribution in [2.45, 2.75) is 25.3 Å². The molecule has 0 saturated heterocycles. The van der Waals surface area contributed by atoms with Gasteiger partial charge in [-0.1, -0.05) is 29.8 Å². The van der Waals surface area contributed by atoms with E-state index in [4.69, 9.17) is 0 Å². The lowest BCUT2D eigenvalue weighted by molar-refractivity contribution is -0.384. The van der Waals surface area contributed by atoms with Crippen LogP contribution >= 0.6 is 24.0 Å². The summed E-state index contributed by atoms with van der Waals surface area (Å²) in [5.74, 6) is 0.641. The normalized spacial score (nSPS) is 11.4. The molecule has 3 N–H and O–H groups in total. The second kappa shape index (κ2) is 12.4. The molecule has 0 aromatic heterocycles. The Kier molecular flexibility index (Phi) is 10.7. The second-order valence-electron chi connectivity index (χ2n) is 6.75. The zero-order valence-corrected chi connectivity index (χ0v) is 20.9. The molecular formula is C20H28IN5O4S. The number of nitro benzene ring substituents is 1. The summed E-state index contributed by atoms with van der Waals surface area (Å²) in [5, 5.41) is 20.6. The standard InChI is InChI=1S/C20H27N5O4S.HI/c1-4-21-20(24-14-16-7-5-6-15(2)12-16)23-11-10-22-18-9-8-17(30(3,28)29)13-19(18)25(26)27;/h5-9,12-13,22H,4,10-11,14H2,1-3H3,(H2,21,23,24);1H. The summed E-state index contributed by atoms with van der Waals surface area (Å²) in [6.07, 6.45) is 1.02. The van der Waals surface area contributed by atoms with Crippen LogP contribution in [0.1, 0.15) is 18.1 Å². The first kappa shape index (κ1) is 26.6. The van der Waals surface area contributed by atoms with E-state index in [2.05, 4.69) is 27.0 Å². The van der Waals surface area contributed by atoms with Gasteiger partial charge in [-0.25, -0.2) is 13.4 Å². The fourth-order valence-electron chi connectivity index (χ4n) is 2.74. The van der Waals surface area contributed by atoms with Crippen LogP contribution in [-0.2, 0) is 16.4 Å². The van der Waals surface area contributed by atoms with Crippen LogP contribution in [0, 0.1) is 17.0 Å². The zero-order valence-electron chi connectivity index (χ0n) is 17.7. The third-order valence-corrected chi connectivity index (χ3v) is 5.28. The Morgan fingerprint density at radius 2 is 1.87 bits per heavy atom. The number of aliphatic imine (C=N–C) groups is 1. The molecule has 2 rings (SSSR count). The number of hydrogen-bond acceptors (Lipinski definition) is 6. The number of halogens is 1. The van der Waals surface area contributed by atoms with Crippen LogP contribution in [-0.4, -0.2) is 45.2 Å². The molecule has 9 nitrogen and oxygen atoms in total. The number of rotatable bonds is 9. The van der Waals surface area contributed by atoms with Crippen molar-refractivity contribution < 1.29 is 13.3 Å². The number of aryl methyl sites for hydroxylation is 1. The Bertz CT molecular complexity index is 1030. The molecular weight excluding hydrogens is 533 g/mol. The van der Waals surface area contributed by atoms with E-state index >= 15 is 0 Å². The molecule has 11 heteroatoms. The first-order valence-corrected chi connectivity index (χ1v) is 11.4. The van der Waals surface area contributed by atoms with E-state index in [-0.39, 0.29) is 40.2 Å². The largest absolute Gasteiger partial charge is 0.378 e. The van der Waals surface area contributed by atoms with Crippen molar-refractivity contribution in [3.63, 3.8) is 0 Å². The van der Waals surface area contributed by atoms with Gasteiger partial charge in [0.15, 0.2) is 15.8 Å². The Balaban J connectivity index is 0.00000480. The molecule has 0 unspecified atom stereocenters. The summed E-state index contributed by atoms with van der Waals surface area (Å²) in [7, 11) is -3.52. The Labute approximate surface area is 199 Å². The Morgan fingerprint density at radius 3 is 2.48 bits per heavy atom. The van der Waals surface area contributed by atoms with Gasteiger partial charge in [-0.15, -0.1) is 24.0 Å². The summed E-state index contributed by atoms with van der Waals surface area (Å²) in [4.78, 5) is 15.2. The van der Waals surface area contributed by atoms with Crippen molar-refractivity contribution in [3.05, 3.63) is 63.7 Å². The van der Waals surface area contributed by atoms with Gasteiger partial charge in [0.1, 0.15) is 5.69 Å². The minimum absolute atomic E-state index is 0. The predicted octanol–water partition coefficient (Wildman–Crippen LogP) is 3.09. The molecule has 0 spiro atoms. The highest BCUT2D eigenvalue weighted by Gasteiger charge is 2.18. The molecule has 0 saturated carbocycles. The fourth-order valence-corrected chi connectivity index (χ4v) is 3.38. The van der Waals surface area contributed by atoms with Gasteiger partial charge in [0.2, 0.25) is 0 Å². The highest BCUT2D eigenvalue weighted by Crippen LogP contribution is 2.27. The molecule has 0 bridgehead atoms.